The topological polar surface area (TPSA) is 9.23 Å². The second-order valence-corrected chi connectivity index (χ2v) is 6.58. The third-order valence-corrected chi connectivity index (χ3v) is 5.00. The van der Waals surface area contributed by atoms with Crippen molar-refractivity contribution in [1.82, 2.24) is 0 Å². The normalized spacial score (nSPS) is 17.4. The molecule has 0 bridgehead atoms. The molecule has 18 heavy (non-hydrogen) atoms. The van der Waals surface area contributed by atoms with Crippen molar-refractivity contribution in [2.45, 2.75) is 10.1 Å². The highest BCUT2D eigenvalue weighted by Crippen LogP contribution is 2.35. The third kappa shape index (κ3) is 3.47. The van der Waals surface area contributed by atoms with Crippen molar-refractivity contribution in [3.8, 4) is 11.5 Å². The Kier molecular flexibility index (Phi) is 3.81. The molecule has 3 rings (SSSR count). The van der Waals surface area contributed by atoms with E-state index in [-0.39, 0.29) is 0 Å². The van der Waals surface area contributed by atoms with Crippen LogP contribution in [0.25, 0.3) is 0 Å². The predicted octanol–water partition coefficient (Wildman–Crippen LogP) is 4.69. The van der Waals surface area contributed by atoms with Crippen molar-refractivity contribution in [2.75, 3.05) is 11.5 Å². The summed E-state index contributed by atoms with van der Waals surface area (Å²) in [6, 6.07) is 18.2. The van der Waals surface area contributed by atoms with Gasteiger partial charge in [0.05, 0.1) is 0 Å². The Morgan fingerprint density at radius 2 is 1.67 bits per heavy atom. The SMILES string of the molecule is c1ccc(Oc2ccc(SCC3CS3)cc2)cc1. The van der Waals surface area contributed by atoms with E-state index < -0.39 is 0 Å². The fourth-order valence-electron chi connectivity index (χ4n) is 1.58. The predicted molar refractivity (Wildman–Crippen MR) is 79.9 cm³/mol. The number of thioether (sulfide) groups is 2. The molecule has 0 spiro atoms. The minimum atomic E-state index is 0.882. The van der Waals surface area contributed by atoms with Gasteiger partial charge in [-0.3, -0.25) is 0 Å². The molecule has 1 saturated heterocycles. The van der Waals surface area contributed by atoms with Crippen LogP contribution in [-0.4, -0.2) is 16.8 Å². The van der Waals surface area contributed by atoms with Gasteiger partial charge in [-0.15, -0.1) is 11.8 Å². The van der Waals surface area contributed by atoms with Gasteiger partial charge in [-0.25, -0.2) is 0 Å². The average Bonchev–Trinajstić information content (AvgIpc) is 3.23. The van der Waals surface area contributed by atoms with E-state index in [9.17, 15) is 0 Å². The molecule has 2 aromatic rings. The monoisotopic (exact) mass is 274 g/mol. The lowest BCUT2D eigenvalue weighted by Gasteiger charge is -2.06. The highest BCUT2D eigenvalue weighted by atomic mass is 32.2. The van der Waals surface area contributed by atoms with E-state index in [1.807, 2.05) is 66.0 Å². The first-order valence-electron chi connectivity index (χ1n) is 5.97. The molecule has 0 radical (unpaired) electrons. The first kappa shape index (κ1) is 12.0. The molecule has 1 heterocycles. The van der Waals surface area contributed by atoms with E-state index in [4.69, 9.17) is 4.74 Å². The van der Waals surface area contributed by atoms with E-state index in [0.717, 1.165) is 16.7 Å². The average molecular weight is 274 g/mol. The minimum absolute atomic E-state index is 0.882. The molecular weight excluding hydrogens is 260 g/mol. The molecule has 1 unspecified atom stereocenters. The van der Waals surface area contributed by atoms with Crippen LogP contribution in [0.3, 0.4) is 0 Å². The van der Waals surface area contributed by atoms with Crippen LogP contribution in [0.5, 0.6) is 11.5 Å². The number of para-hydroxylation sites is 1. The van der Waals surface area contributed by atoms with Crippen LogP contribution in [0.15, 0.2) is 59.5 Å². The number of ether oxygens (including phenoxy) is 1. The van der Waals surface area contributed by atoms with Crippen molar-refractivity contribution in [1.29, 1.82) is 0 Å². The quantitative estimate of drug-likeness (QED) is 0.578. The van der Waals surface area contributed by atoms with Gasteiger partial charge < -0.3 is 4.74 Å². The molecule has 1 aliphatic rings. The fourth-order valence-corrected chi connectivity index (χ4v) is 3.40. The zero-order chi connectivity index (χ0) is 12.2. The van der Waals surface area contributed by atoms with Crippen LogP contribution in [-0.2, 0) is 0 Å². The Morgan fingerprint density at radius 3 is 2.33 bits per heavy atom. The number of benzene rings is 2. The van der Waals surface area contributed by atoms with E-state index in [1.54, 1.807) is 0 Å². The van der Waals surface area contributed by atoms with E-state index >= 15 is 0 Å². The Hall–Kier alpha value is -1.06. The maximum atomic E-state index is 5.76. The maximum Gasteiger partial charge on any atom is 0.127 e. The highest BCUT2D eigenvalue weighted by molar-refractivity contribution is 8.08. The van der Waals surface area contributed by atoms with Crippen molar-refractivity contribution < 1.29 is 4.74 Å². The van der Waals surface area contributed by atoms with E-state index in [1.165, 1.54) is 16.4 Å². The molecule has 1 atom stereocenters. The zero-order valence-electron chi connectivity index (χ0n) is 9.91. The molecule has 1 fully saturated rings. The van der Waals surface area contributed by atoms with Gasteiger partial charge in [-0.1, -0.05) is 18.2 Å². The van der Waals surface area contributed by atoms with Gasteiger partial charge in [0.1, 0.15) is 11.5 Å². The standard InChI is InChI=1S/C15H14OS2/c1-2-4-12(5-3-1)16-13-6-8-14(9-7-13)17-10-15-11-18-15/h1-9,15H,10-11H2. The third-order valence-electron chi connectivity index (χ3n) is 2.64. The summed E-state index contributed by atoms with van der Waals surface area (Å²) in [6.45, 7) is 0. The summed E-state index contributed by atoms with van der Waals surface area (Å²) >= 11 is 3.98. The lowest BCUT2D eigenvalue weighted by molar-refractivity contribution is 0.482. The van der Waals surface area contributed by atoms with Gasteiger partial charge in [0, 0.05) is 21.7 Å². The van der Waals surface area contributed by atoms with Crippen molar-refractivity contribution in [3.63, 3.8) is 0 Å². The van der Waals surface area contributed by atoms with Gasteiger partial charge in [-0.2, -0.15) is 11.8 Å². The molecule has 0 saturated carbocycles. The summed E-state index contributed by atoms with van der Waals surface area (Å²) in [5, 5.41) is 0.884. The van der Waals surface area contributed by atoms with Crippen molar-refractivity contribution >= 4 is 23.5 Å². The van der Waals surface area contributed by atoms with Gasteiger partial charge in [-0.05, 0) is 36.4 Å². The van der Waals surface area contributed by atoms with Gasteiger partial charge >= 0.3 is 0 Å². The maximum absolute atomic E-state index is 5.76. The Bertz CT molecular complexity index is 492. The van der Waals surface area contributed by atoms with Crippen LogP contribution in [0.2, 0.25) is 0 Å². The molecule has 3 heteroatoms. The lowest BCUT2D eigenvalue weighted by atomic mass is 10.3. The largest absolute Gasteiger partial charge is 0.457 e. The summed E-state index contributed by atoms with van der Waals surface area (Å²) in [7, 11) is 0. The molecule has 92 valence electrons. The van der Waals surface area contributed by atoms with Crippen LogP contribution < -0.4 is 4.74 Å². The number of hydrogen-bond acceptors (Lipinski definition) is 3. The van der Waals surface area contributed by atoms with Crippen LogP contribution >= 0.6 is 23.5 Å². The van der Waals surface area contributed by atoms with E-state index in [2.05, 4.69) is 12.1 Å². The Morgan fingerprint density at radius 1 is 1.00 bits per heavy atom. The number of rotatable bonds is 5. The van der Waals surface area contributed by atoms with Crippen LogP contribution in [0, 0.1) is 0 Å². The molecule has 2 aromatic carbocycles. The van der Waals surface area contributed by atoms with Gasteiger partial charge in [0.2, 0.25) is 0 Å². The van der Waals surface area contributed by atoms with Crippen molar-refractivity contribution in [3.05, 3.63) is 54.6 Å². The molecule has 0 aromatic heterocycles. The summed E-state index contributed by atoms with van der Waals surface area (Å²) in [6.07, 6.45) is 0. The number of hydrogen-bond donors (Lipinski definition) is 0. The Labute approximate surface area is 116 Å². The first-order chi connectivity index (χ1) is 8.90. The minimum Gasteiger partial charge on any atom is -0.457 e. The van der Waals surface area contributed by atoms with E-state index in [0.29, 0.717) is 0 Å². The molecule has 0 aliphatic carbocycles. The molecule has 1 aliphatic heterocycles. The van der Waals surface area contributed by atoms with Gasteiger partial charge in [0.25, 0.3) is 0 Å². The second kappa shape index (κ2) is 5.72. The fraction of sp³-hybridized carbons (Fsp3) is 0.200. The summed E-state index contributed by atoms with van der Waals surface area (Å²) in [5.74, 6) is 4.34. The summed E-state index contributed by atoms with van der Waals surface area (Å²) in [4.78, 5) is 1.32. The van der Waals surface area contributed by atoms with Crippen LogP contribution in [0.1, 0.15) is 0 Å². The van der Waals surface area contributed by atoms with Gasteiger partial charge in [0.15, 0.2) is 0 Å². The smallest absolute Gasteiger partial charge is 0.127 e. The van der Waals surface area contributed by atoms with Crippen LogP contribution in [0.4, 0.5) is 0 Å². The first-order valence-corrected chi connectivity index (χ1v) is 8.01. The molecule has 1 nitrogen and oxygen atoms in total. The second-order valence-electron chi connectivity index (χ2n) is 4.15. The highest BCUT2D eigenvalue weighted by Gasteiger charge is 2.21. The summed E-state index contributed by atoms with van der Waals surface area (Å²) in [5.41, 5.74) is 0. The summed E-state index contributed by atoms with van der Waals surface area (Å²) < 4.78 is 5.76. The Balaban J connectivity index is 1.59. The zero-order valence-corrected chi connectivity index (χ0v) is 11.5. The molecular formula is C15H14OS2. The molecule has 0 N–H and O–H groups in total. The molecule has 0 amide bonds. The lowest BCUT2D eigenvalue weighted by Crippen LogP contribution is -1.87. The van der Waals surface area contributed by atoms with Crippen molar-refractivity contribution in [2.24, 2.45) is 0 Å².